The van der Waals surface area contributed by atoms with Gasteiger partial charge in [-0.25, -0.2) is 0 Å². The molecule has 0 amide bonds. The topological polar surface area (TPSA) is 37.8 Å². The van der Waals surface area contributed by atoms with Crippen LogP contribution in [-0.4, -0.2) is 23.1 Å². The first-order valence-corrected chi connectivity index (χ1v) is 7.39. The average molecular weight is 267 g/mol. The Morgan fingerprint density at radius 2 is 2.10 bits per heavy atom. The third kappa shape index (κ3) is 2.73. The Morgan fingerprint density at radius 3 is 2.90 bits per heavy atom. The number of hydrogen-bond donors (Lipinski definition) is 1. The van der Waals surface area contributed by atoms with Crippen LogP contribution in [0.4, 0.5) is 0 Å². The lowest BCUT2D eigenvalue weighted by Gasteiger charge is -2.31. The summed E-state index contributed by atoms with van der Waals surface area (Å²) < 4.78 is 0. The second-order valence-corrected chi connectivity index (χ2v) is 5.47. The first kappa shape index (κ1) is 13.3. The highest BCUT2D eigenvalue weighted by atomic mass is 14.9. The number of fused-ring (bicyclic) bond motifs is 1. The number of likely N-dealkylation sites (N-methyl/N-ethyl adjacent to an activating group) is 1. The van der Waals surface area contributed by atoms with Crippen molar-refractivity contribution >= 4 is 0 Å². The van der Waals surface area contributed by atoms with Gasteiger partial charge in [0.15, 0.2) is 0 Å². The van der Waals surface area contributed by atoms with E-state index in [4.69, 9.17) is 0 Å². The van der Waals surface area contributed by atoms with Crippen molar-refractivity contribution in [3.63, 3.8) is 0 Å². The largest absolute Gasteiger partial charge is 0.316 e. The molecule has 0 saturated heterocycles. The lowest BCUT2D eigenvalue weighted by Crippen LogP contribution is -2.36. The van der Waals surface area contributed by atoms with Gasteiger partial charge in [-0.05, 0) is 50.1 Å². The summed E-state index contributed by atoms with van der Waals surface area (Å²) in [6.45, 7) is 0. The molecule has 0 aromatic carbocycles. The molecule has 2 heterocycles. The first-order chi connectivity index (χ1) is 9.88. The van der Waals surface area contributed by atoms with E-state index in [-0.39, 0.29) is 0 Å². The predicted molar refractivity (Wildman–Crippen MR) is 80.7 cm³/mol. The van der Waals surface area contributed by atoms with Gasteiger partial charge in [0.25, 0.3) is 0 Å². The van der Waals surface area contributed by atoms with E-state index in [1.54, 1.807) is 0 Å². The molecule has 3 heteroatoms. The highest BCUT2D eigenvalue weighted by Crippen LogP contribution is 2.33. The molecule has 0 saturated carbocycles. The van der Waals surface area contributed by atoms with E-state index in [1.165, 1.54) is 30.5 Å². The summed E-state index contributed by atoms with van der Waals surface area (Å²) in [7, 11) is 2.05. The Hall–Kier alpha value is -1.74. The van der Waals surface area contributed by atoms with Gasteiger partial charge in [0.05, 0.1) is 0 Å². The number of aryl methyl sites for hydroxylation is 1. The summed E-state index contributed by atoms with van der Waals surface area (Å²) in [6, 6.07) is 10.8. The second kappa shape index (κ2) is 6.14. The number of rotatable bonds is 4. The van der Waals surface area contributed by atoms with Crippen molar-refractivity contribution in [3.05, 3.63) is 59.7 Å². The molecule has 0 fully saturated rings. The summed E-state index contributed by atoms with van der Waals surface area (Å²) in [5.41, 5.74) is 3.86. The Bertz CT molecular complexity index is 553. The maximum Gasteiger partial charge on any atom is 0.0482 e. The van der Waals surface area contributed by atoms with Crippen LogP contribution in [-0.2, 0) is 12.8 Å². The molecule has 20 heavy (non-hydrogen) atoms. The van der Waals surface area contributed by atoms with Crippen molar-refractivity contribution in [3.8, 4) is 0 Å². The molecule has 3 nitrogen and oxygen atoms in total. The number of nitrogens with one attached hydrogen (secondary N) is 1. The SMILES string of the molecule is CNC(Cc1ccccn1)C1CCCc2cccnc21. The van der Waals surface area contributed by atoms with Gasteiger partial charge < -0.3 is 5.32 Å². The van der Waals surface area contributed by atoms with Crippen molar-refractivity contribution in [2.45, 2.75) is 37.6 Å². The minimum Gasteiger partial charge on any atom is -0.316 e. The second-order valence-electron chi connectivity index (χ2n) is 5.47. The van der Waals surface area contributed by atoms with Gasteiger partial charge in [0.2, 0.25) is 0 Å². The average Bonchev–Trinajstić information content (AvgIpc) is 2.53. The van der Waals surface area contributed by atoms with Crippen LogP contribution in [0.3, 0.4) is 0 Å². The van der Waals surface area contributed by atoms with Crippen LogP contribution in [0.1, 0.15) is 35.7 Å². The van der Waals surface area contributed by atoms with Gasteiger partial charge in [-0.2, -0.15) is 0 Å². The maximum atomic E-state index is 4.65. The normalized spacial score (nSPS) is 19.4. The van der Waals surface area contributed by atoms with Gasteiger partial charge in [-0.3, -0.25) is 9.97 Å². The summed E-state index contributed by atoms with van der Waals surface area (Å²) >= 11 is 0. The highest BCUT2D eigenvalue weighted by molar-refractivity contribution is 5.28. The molecule has 3 rings (SSSR count). The highest BCUT2D eigenvalue weighted by Gasteiger charge is 2.28. The van der Waals surface area contributed by atoms with Crippen molar-refractivity contribution in [2.24, 2.45) is 0 Å². The van der Waals surface area contributed by atoms with E-state index in [2.05, 4.69) is 33.5 Å². The van der Waals surface area contributed by atoms with Crippen LogP contribution < -0.4 is 5.32 Å². The van der Waals surface area contributed by atoms with Gasteiger partial charge in [-0.15, -0.1) is 0 Å². The quantitative estimate of drug-likeness (QED) is 0.925. The Balaban J connectivity index is 1.84. The minimum absolute atomic E-state index is 0.402. The number of hydrogen-bond acceptors (Lipinski definition) is 3. The van der Waals surface area contributed by atoms with E-state index in [0.717, 1.165) is 12.1 Å². The Labute approximate surface area is 120 Å². The van der Waals surface area contributed by atoms with Gasteiger partial charge in [0.1, 0.15) is 0 Å². The first-order valence-electron chi connectivity index (χ1n) is 7.39. The zero-order chi connectivity index (χ0) is 13.8. The number of aromatic nitrogens is 2. The minimum atomic E-state index is 0.402. The van der Waals surface area contributed by atoms with Gasteiger partial charge in [-0.1, -0.05) is 12.1 Å². The van der Waals surface area contributed by atoms with Crippen molar-refractivity contribution < 1.29 is 0 Å². The molecule has 104 valence electrons. The molecule has 2 atom stereocenters. The van der Waals surface area contributed by atoms with Crippen LogP contribution in [0, 0.1) is 0 Å². The predicted octanol–water partition coefficient (Wildman–Crippen LogP) is 2.73. The summed E-state index contributed by atoms with van der Waals surface area (Å²) in [6.07, 6.45) is 8.38. The van der Waals surface area contributed by atoms with E-state index in [9.17, 15) is 0 Å². The molecule has 1 aliphatic carbocycles. The summed E-state index contributed by atoms with van der Waals surface area (Å²) in [5, 5.41) is 3.48. The molecule has 0 radical (unpaired) electrons. The molecule has 0 spiro atoms. The third-order valence-electron chi connectivity index (χ3n) is 4.25. The smallest absolute Gasteiger partial charge is 0.0482 e. The standard InChI is InChI=1S/C17H21N3/c1-18-16(12-14-8-2-3-10-19-14)15-9-4-6-13-7-5-11-20-17(13)15/h2-3,5,7-8,10-11,15-16,18H,4,6,9,12H2,1H3. The summed E-state index contributed by atoms with van der Waals surface area (Å²) in [5.74, 6) is 0.493. The van der Waals surface area contributed by atoms with Crippen LogP contribution >= 0.6 is 0 Å². The van der Waals surface area contributed by atoms with Crippen molar-refractivity contribution in [2.75, 3.05) is 7.05 Å². The summed E-state index contributed by atoms with van der Waals surface area (Å²) in [4.78, 5) is 9.11. The molecular weight excluding hydrogens is 246 g/mol. The zero-order valence-electron chi connectivity index (χ0n) is 11.9. The van der Waals surface area contributed by atoms with Crippen LogP contribution in [0.15, 0.2) is 42.7 Å². The Morgan fingerprint density at radius 1 is 1.20 bits per heavy atom. The fourth-order valence-electron chi connectivity index (χ4n) is 3.23. The fraction of sp³-hybridized carbons (Fsp3) is 0.412. The van der Waals surface area contributed by atoms with Crippen LogP contribution in [0.25, 0.3) is 0 Å². The zero-order valence-corrected chi connectivity index (χ0v) is 11.9. The molecule has 2 aromatic rings. The Kier molecular flexibility index (Phi) is 4.07. The van der Waals surface area contributed by atoms with Crippen molar-refractivity contribution in [1.29, 1.82) is 0 Å². The third-order valence-corrected chi connectivity index (χ3v) is 4.25. The van der Waals surface area contributed by atoms with E-state index < -0.39 is 0 Å². The van der Waals surface area contributed by atoms with E-state index in [0.29, 0.717) is 12.0 Å². The fourth-order valence-corrected chi connectivity index (χ4v) is 3.23. The molecule has 2 aromatic heterocycles. The van der Waals surface area contributed by atoms with Gasteiger partial charge >= 0.3 is 0 Å². The van der Waals surface area contributed by atoms with E-state index in [1.807, 2.05) is 31.6 Å². The van der Waals surface area contributed by atoms with Gasteiger partial charge in [0, 0.05) is 42.2 Å². The molecule has 0 bridgehead atoms. The number of pyridine rings is 2. The molecule has 2 unspecified atom stereocenters. The molecule has 1 N–H and O–H groups in total. The number of nitrogens with zero attached hydrogens (tertiary/aromatic N) is 2. The maximum absolute atomic E-state index is 4.65. The monoisotopic (exact) mass is 267 g/mol. The molecular formula is C17H21N3. The van der Waals surface area contributed by atoms with E-state index >= 15 is 0 Å². The van der Waals surface area contributed by atoms with Crippen LogP contribution in [0.2, 0.25) is 0 Å². The molecule has 1 aliphatic rings. The van der Waals surface area contributed by atoms with Crippen LogP contribution in [0.5, 0.6) is 0 Å². The lowest BCUT2D eigenvalue weighted by molar-refractivity contribution is 0.400. The van der Waals surface area contributed by atoms with Crippen molar-refractivity contribution in [1.82, 2.24) is 15.3 Å². The molecule has 0 aliphatic heterocycles. The lowest BCUT2D eigenvalue weighted by atomic mass is 9.80.